The summed E-state index contributed by atoms with van der Waals surface area (Å²) in [5, 5.41) is 12.5. The molecule has 2 aromatic carbocycles. The number of anilines is 1. The van der Waals surface area contributed by atoms with Crippen molar-refractivity contribution in [1.82, 2.24) is 0 Å². The molecule has 140 valence electrons. The van der Waals surface area contributed by atoms with Gasteiger partial charge in [-0.05, 0) is 59.4 Å². The summed E-state index contributed by atoms with van der Waals surface area (Å²) in [6, 6.07) is 19.1. The van der Waals surface area contributed by atoms with E-state index in [-0.39, 0.29) is 17.1 Å². The van der Waals surface area contributed by atoms with E-state index in [1.807, 2.05) is 36.4 Å². The third kappa shape index (κ3) is 5.20. The van der Waals surface area contributed by atoms with E-state index in [2.05, 4.69) is 38.2 Å². The van der Waals surface area contributed by atoms with Crippen molar-refractivity contribution >= 4 is 22.9 Å². The van der Waals surface area contributed by atoms with Crippen LogP contribution >= 0.6 is 11.3 Å². The van der Waals surface area contributed by atoms with Crippen molar-refractivity contribution in [1.29, 1.82) is 0 Å². The molecule has 0 aliphatic heterocycles. The minimum Gasteiger partial charge on any atom is -0.508 e. The smallest absolute Gasteiger partial charge is 0.224 e. The van der Waals surface area contributed by atoms with Crippen LogP contribution in [0, 0.1) is 0 Å². The SMILES string of the molecule is CC(C)(C)c1ccc(CCC(=O)Nc2ccc(-c3cccc(O)c3)cc2)s1. The van der Waals surface area contributed by atoms with Crippen LogP contribution in [0.2, 0.25) is 0 Å². The number of hydrogen-bond donors (Lipinski definition) is 2. The number of thiophene rings is 1. The largest absolute Gasteiger partial charge is 0.508 e. The van der Waals surface area contributed by atoms with E-state index in [4.69, 9.17) is 0 Å². The van der Waals surface area contributed by atoms with Crippen LogP contribution in [-0.4, -0.2) is 11.0 Å². The molecular formula is C23H25NO2S. The third-order valence-corrected chi connectivity index (χ3v) is 5.92. The molecule has 0 radical (unpaired) electrons. The van der Waals surface area contributed by atoms with E-state index in [0.717, 1.165) is 23.2 Å². The number of amides is 1. The fourth-order valence-corrected chi connectivity index (χ4v) is 3.87. The molecule has 0 aliphatic carbocycles. The van der Waals surface area contributed by atoms with Crippen LogP contribution in [0.15, 0.2) is 60.7 Å². The second-order valence-electron chi connectivity index (χ2n) is 7.69. The Morgan fingerprint density at radius 3 is 2.37 bits per heavy atom. The maximum atomic E-state index is 12.2. The van der Waals surface area contributed by atoms with Crippen molar-refractivity contribution in [3.63, 3.8) is 0 Å². The van der Waals surface area contributed by atoms with Gasteiger partial charge in [-0.3, -0.25) is 4.79 Å². The van der Waals surface area contributed by atoms with E-state index in [1.54, 1.807) is 23.5 Å². The first-order valence-corrected chi connectivity index (χ1v) is 9.91. The number of hydrogen-bond acceptors (Lipinski definition) is 3. The summed E-state index contributed by atoms with van der Waals surface area (Å²) in [7, 11) is 0. The van der Waals surface area contributed by atoms with Gasteiger partial charge in [-0.25, -0.2) is 0 Å². The summed E-state index contributed by atoms with van der Waals surface area (Å²) in [6.07, 6.45) is 1.23. The van der Waals surface area contributed by atoms with Gasteiger partial charge in [-0.15, -0.1) is 11.3 Å². The first kappa shape index (κ1) is 19.2. The Morgan fingerprint density at radius 1 is 1.00 bits per heavy atom. The van der Waals surface area contributed by atoms with Crippen LogP contribution in [0.5, 0.6) is 5.75 Å². The number of phenolic OH excluding ortho intramolecular Hbond substituents is 1. The zero-order valence-corrected chi connectivity index (χ0v) is 16.8. The normalized spacial score (nSPS) is 11.4. The number of aromatic hydroxyl groups is 1. The Labute approximate surface area is 164 Å². The summed E-state index contributed by atoms with van der Waals surface area (Å²) >= 11 is 1.79. The molecule has 0 unspecified atom stereocenters. The topological polar surface area (TPSA) is 49.3 Å². The van der Waals surface area contributed by atoms with E-state index in [9.17, 15) is 9.90 Å². The van der Waals surface area contributed by atoms with Crippen molar-refractivity contribution < 1.29 is 9.90 Å². The molecule has 3 nitrogen and oxygen atoms in total. The van der Waals surface area contributed by atoms with Gasteiger partial charge < -0.3 is 10.4 Å². The highest BCUT2D eigenvalue weighted by Crippen LogP contribution is 2.30. The summed E-state index contributed by atoms with van der Waals surface area (Å²) in [6.45, 7) is 6.61. The molecule has 0 saturated heterocycles. The predicted molar refractivity (Wildman–Crippen MR) is 114 cm³/mol. The molecule has 1 aromatic heterocycles. The lowest BCUT2D eigenvalue weighted by atomic mass is 9.95. The molecule has 3 aromatic rings. The molecule has 27 heavy (non-hydrogen) atoms. The fraction of sp³-hybridized carbons (Fsp3) is 0.261. The van der Waals surface area contributed by atoms with Gasteiger partial charge in [-0.1, -0.05) is 45.0 Å². The molecule has 1 amide bonds. The van der Waals surface area contributed by atoms with Gasteiger partial charge in [0, 0.05) is 21.9 Å². The minimum absolute atomic E-state index is 0.0193. The van der Waals surface area contributed by atoms with Crippen LogP contribution in [-0.2, 0) is 16.6 Å². The van der Waals surface area contributed by atoms with Crippen LogP contribution in [0.25, 0.3) is 11.1 Å². The van der Waals surface area contributed by atoms with E-state index >= 15 is 0 Å². The lowest BCUT2D eigenvalue weighted by Crippen LogP contribution is -2.12. The number of rotatable bonds is 5. The molecule has 3 rings (SSSR count). The van der Waals surface area contributed by atoms with Crippen LogP contribution in [0.4, 0.5) is 5.69 Å². The maximum Gasteiger partial charge on any atom is 0.224 e. The maximum absolute atomic E-state index is 12.2. The summed E-state index contributed by atoms with van der Waals surface area (Å²) < 4.78 is 0. The number of carbonyl (C=O) groups excluding carboxylic acids is 1. The highest BCUT2D eigenvalue weighted by atomic mass is 32.1. The van der Waals surface area contributed by atoms with Crippen LogP contribution < -0.4 is 5.32 Å². The van der Waals surface area contributed by atoms with Crippen molar-refractivity contribution in [3.8, 4) is 16.9 Å². The Kier molecular flexibility index (Phi) is 5.66. The first-order valence-electron chi connectivity index (χ1n) is 9.10. The molecule has 4 heteroatoms. The molecular weight excluding hydrogens is 354 g/mol. The average Bonchev–Trinajstić information content (AvgIpc) is 3.10. The number of benzene rings is 2. The molecule has 0 saturated carbocycles. The number of phenols is 1. The molecule has 0 bridgehead atoms. The van der Waals surface area contributed by atoms with E-state index < -0.39 is 0 Å². The average molecular weight is 380 g/mol. The van der Waals surface area contributed by atoms with Crippen LogP contribution in [0.3, 0.4) is 0 Å². The molecule has 2 N–H and O–H groups in total. The van der Waals surface area contributed by atoms with Gasteiger partial charge in [0.05, 0.1) is 0 Å². The predicted octanol–water partition coefficient (Wildman–Crippen LogP) is 5.99. The highest BCUT2D eigenvalue weighted by Gasteiger charge is 2.16. The van der Waals surface area contributed by atoms with Crippen molar-refractivity contribution in [2.45, 2.75) is 39.0 Å². The zero-order chi connectivity index (χ0) is 19.4. The van der Waals surface area contributed by atoms with Gasteiger partial charge in [0.2, 0.25) is 5.91 Å². The van der Waals surface area contributed by atoms with Gasteiger partial charge in [-0.2, -0.15) is 0 Å². The van der Waals surface area contributed by atoms with Crippen molar-refractivity contribution in [2.75, 3.05) is 5.32 Å². The highest BCUT2D eigenvalue weighted by molar-refractivity contribution is 7.12. The van der Waals surface area contributed by atoms with Crippen molar-refractivity contribution in [2.24, 2.45) is 0 Å². The molecule has 0 fully saturated rings. The van der Waals surface area contributed by atoms with Gasteiger partial charge in [0.1, 0.15) is 5.75 Å². The van der Waals surface area contributed by atoms with E-state index in [1.165, 1.54) is 9.75 Å². The standard InChI is InChI=1S/C23H25NO2S/c1-23(2,3)21-13-11-20(27-21)12-14-22(26)24-18-9-7-16(8-10-18)17-5-4-6-19(25)15-17/h4-11,13,15,25H,12,14H2,1-3H3,(H,24,26). The number of nitrogens with one attached hydrogen (secondary N) is 1. The van der Waals surface area contributed by atoms with Crippen LogP contribution in [0.1, 0.15) is 36.9 Å². The number of aryl methyl sites for hydroxylation is 1. The fourth-order valence-electron chi connectivity index (χ4n) is 2.81. The van der Waals surface area contributed by atoms with Crippen molar-refractivity contribution in [3.05, 3.63) is 70.4 Å². The monoisotopic (exact) mass is 379 g/mol. The molecule has 0 aliphatic rings. The summed E-state index contributed by atoms with van der Waals surface area (Å²) in [5.74, 6) is 0.263. The molecule has 0 atom stereocenters. The number of carbonyl (C=O) groups is 1. The van der Waals surface area contributed by atoms with E-state index in [0.29, 0.717) is 6.42 Å². The van der Waals surface area contributed by atoms with Gasteiger partial charge >= 0.3 is 0 Å². The lowest BCUT2D eigenvalue weighted by molar-refractivity contribution is -0.116. The second kappa shape index (κ2) is 7.97. The first-order chi connectivity index (χ1) is 12.8. The lowest BCUT2D eigenvalue weighted by Gasteiger charge is -2.15. The van der Waals surface area contributed by atoms with Gasteiger partial charge in [0.25, 0.3) is 0 Å². The Morgan fingerprint density at radius 2 is 1.74 bits per heavy atom. The minimum atomic E-state index is 0.0193. The third-order valence-electron chi connectivity index (χ3n) is 4.35. The quantitative estimate of drug-likeness (QED) is 0.572. The summed E-state index contributed by atoms with van der Waals surface area (Å²) in [5.41, 5.74) is 2.88. The summed E-state index contributed by atoms with van der Waals surface area (Å²) in [4.78, 5) is 14.8. The van der Waals surface area contributed by atoms with Gasteiger partial charge in [0.15, 0.2) is 0 Å². The second-order valence-corrected chi connectivity index (χ2v) is 8.86. The Balaban J connectivity index is 1.56. The molecule has 0 spiro atoms. The Bertz CT molecular complexity index is 920. The molecule has 1 heterocycles. The zero-order valence-electron chi connectivity index (χ0n) is 16.0. The Hall–Kier alpha value is -2.59.